The SMILES string of the molecule is CCOC(=O)/C(C#N)=C/c1cc2ccc(C)cc2nc1Cl. The molecule has 0 aliphatic carbocycles. The molecule has 0 spiro atoms. The topological polar surface area (TPSA) is 63.0 Å². The molecule has 0 atom stereocenters. The number of carbonyl (C=O) groups excluding carboxylic acids is 1. The summed E-state index contributed by atoms with van der Waals surface area (Å²) in [5, 5.41) is 10.2. The molecule has 21 heavy (non-hydrogen) atoms. The monoisotopic (exact) mass is 300 g/mol. The molecular weight excluding hydrogens is 288 g/mol. The van der Waals surface area contributed by atoms with Crippen molar-refractivity contribution in [3.05, 3.63) is 46.1 Å². The fourth-order valence-electron chi connectivity index (χ4n) is 1.87. The van der Waals surface area contributed by atoms with Crippen molar-refractivity contribution in [3.8, 4) is 6.07 Å². The first kappa shape index (κ1) is 15.0. The number of rotatable bonds is 3. The summed E-state index contributed by atoms with van der Waals surface area (Å²) >= 11 is 6.12. The van der Waals surface area contributed by atoms with Crippen LogP contribution in [0.4, 0.5) is 0 Å². The molecule has 0 N–H and O–H groups in total. The van der Waals surface area contributed by atoms with Gasteiger partial charge in [-0.1, -0.05) is 23.7 Å². The van der Waals surface area contributed by atoms with Gasteiger partial charge in [0.2, 0.25) is 0 Å². The third kappa shape index (κ3) is 3.39. The maximum absolute atomic E-state index is 11.6. The first-order chi connectivity index (χ1) is 10.0. The van der Waals surface area contributed by atoms with Crippen LogP contribution in [0.2, 0.25) is 5.15 Å². The van der Waals surface area contributed by atoms with Gasteiger partial charge in [0.25, 0.3) is 0 Å². The highest BCUT2D eigenvalue weighted by Crippen LogP contribution is 2.23. The molecule has 1 heterocycles. The van der Waals surface area contributed by atoms with Gasteiger partial charge in [-0.25, -0.2) is 9.78 Å². The summed E-state index contributed by atoms with van der Waals surface area (Å²) in [6.07, 6.45) is 1.40. The first-order valence-corrected chi connectivity index (χ1v) is 6.78. The molecule has 0 fully saturated rings. The average molecular weight is 301 g/mol. The number of benzene rings is 1. The maximum atomic E-state index is 11.6. The number of nitriles is 1. The minimum atomic E-state index is -0.667. The van der Waals surface area contributed by atoms with E-state index in [0.717, 1.165) is 16.5 Å². The lowest BCUT2D eigenvalue weighted by Crippen LogP contribution is -2.06. The Balaban J connectivity index is 2.51. The number of hydrogen-bond acceptors (Lipinski definition) is 4. The van der Waals surface area contributed by atoms with E-state index in [2.05, 4.69) is 4.98 Å². The molecule has 0 aliphatic heterocycles. The molecule has 1 aromatic carbocycles. The van der Waals surface area contributed by atoms with E-state index in [4.69, 9.17) is 21.6 Å². The largest absolute Gasteiger partial charge is 0.462 e. The number of pyridine rings is 1. The van der Waals surface area contributed by atoms with Crippen LogP contribution in [0.15, 0.2) is 29.8 Å². The Morgan fingerprint density at radius 2 is 2.24 bits per heavy atom. The van der Waals surface area contributed by atoms with Crippen molar-refractivity contribution in [1.29, 1.82) is 5.26 Å². The maximum Gasteiger partial charge on any atom is 0.348 e. The van der Waals surface area contributed by atoms with Gasteiger partial charge in [-0.2, -0.15) is 5.26 Å². The molecule has 0 saturated heterocycles. The van der Waals surface area contributed by atoms with E-state index in [1.165, 1.54) is 6.08 Å². The number of hydrogen-bond donors (Lipinski definition) is 0. The molecule has 1 aromatic heterocycles. The number of halogens is 1. The molecule has 0 saturated carbocycles. The Morgan fingerprint density at radius 1 is 1.48 bits per heavy atom. The average Bonchev–Trinajstić information content (AvgIpc) is 2.45. The lowest BCUT2D eigenvalue weighted by atomic mass is 10.1. The summed E-state index contributed by atoms with van der Waals surface area (Å²) in [4.78, 5) is 15.9. The van der Waals surface area contributed by atoms with Crippen LogP contribution in [0.1, 0.15) is 18.1 Å². The van der Waals surface area contributed by atoms with Gasteiger partial charge in [0.1, 0.15) is 16.8 Å². The summed E-state index contributed by atoms with van der Waals surface area (Å²) in [6, 6.07) is 9.41. The molecule has 4 nitrogen and oxygen atoms in total. The number of aromatic nitrogens is 1. The summed E-state index contributed by atoms with van der Waals surface area (Å²) < 4.78 is 4.82. The van der Waals surface area contributed by atoms with Gasteiger partial charge in [0.15, 0.2) is 0 Å². The van der Waals surface area contributed by atoms with Crippen molar-refractivity contribution in [3.63, 3.8) is 0 Å². The van der Waals surface area contributed by atoms with Crippen molar-refractivity contribution in [1.82, 2.24) is 4.98 Å². The summed E-state index contributed by atoms with van der Waals surface area (Å²) in [5.74, 6) is -0.667. The fourth-order valence-corrected chi connectivity index (χ4v) is 2.07. The number of esters is 1. The Hall–Kier alpha value is -2.38. The van der Waals surface area contributed by atoms with Gasteiger partial charge in [0.05, 0.1) is 12.1 Å². The Morgan fingerprint density at radius 3 is 2.90 bits per heavy atom. The second kappa shape index (κ2) is 6.38. The van der Waals surface area contributed by atoms with Crippen molar-refractivity contribution >= 4 is 34.5 Å². The third-order valence-electron chi connectivity index (χ3n) is 2.87. The summed E-state index contributed by atoms with van der Waals surface area (Å²) in [5.41, 5.74) is 2.26. The number of carbonyl (C=O) groups is 1. The van der Waals surface area contributed by atoms with Crippen molar-refractivity contribution in [2.24, 2.45) is 0 Å². The van der Waals surface area contributed by atoms with E-state index in [1.54, 1.807) is 13.0 Å². The zero-order valence-electron chi connectivity index (χ0n) is 11.7. The second-order valence-electron chi connectivity index (χ2n) is 4.45. The van der Waals surface area contributed by atoms with Gasteiger partial charge >= 0.3 is 5.97 Å². The van der Waals surface area contributed by atoms with Crippen molar-refractivity contribution in [2.75, 3.05) is 6.61 Å². The van der Waals surface area contributed by atoms with Crippen LogP contribution in [0.3, 0.4) is 0 Å². The Labute approximate surface area is 127 Å². The van der Waals surface area contributed by atoms with Crippen LogP contribution >= 0.6 is 11.6 Å². The second-order valence-corrected chi connectivity index (χ2v) is 4.81. The molecule has 0 radical (unpaired) electrons. The molecule has 2 aromatic rings. The molecule has 0 unspecified atom stereocenters. The lowest BCUT2D eigenvalue weighted by molar-refractivity contribution is -0.137. The molecule has 106 valence electrons. The molecule has 0 amide bonds. The highest BCUT2D eigenvalue weighted by atomic mass is 35.5. The Kier molecular flexibility index (Phi) is 4.56. The molecular formula is C16H13ClN2O2. The van der Waals surface area contributed by atoms with Gasteiger partial charge in [0, 0.05) is 10.9 Å². The van der Waals surface area contributed by atoms with Crippen LogP contribution in [-0.4, -0.2) is 17.6 Å². The van der Waals surface area contributed by atoms with Gasteiger partial charge in [-0.05, 0) is 37.6 Å². The third-order valence-corrected chi connectivity index (χ3v) is 3.17. The van der Waals surface area contributed by atoms with E-state index in [-0.39, 0.29) is 17.3 Å². The number of fused-ring (bicyclic) bond motifs is 1. The zero-order chi connectivity index (χ0) is 15.4. The molecule has 2 rings (SSSR count). The lowest BCUT2D eigenvalue weighted by Gasteiger charge is -2.04. The van der Waals surface area contributed by atoms with Gasteiger partial charge in [-0.15, -0.1) is 0 Å². The smallest absolute Gasteiger partial charge is 0.348 e. The predicted molar refractivity (Wildman–Crippen MR) is 81.7 cm³/mol. The molecule has 5 heteroatoms. The quantitative estimate of drug-likeness (QED) is 0.375. The van der Waals surface area contributed by atoms with E-state index in [9.17, 15) is 4.79 Å². The Bertz CT molecular complexity index is 776. The van der Waals surface area contributed by atoms with E-state index < -0.39 is 5.97 Å². The van der Waals surface area contributed by atoms with Crippen molar-refractivity contribution < 1.29 is 9.53 Å². The van der Waals surface area contributed by atoms with Gasteiger partial charge in [-0.3, -0.25) is 0 Å². The van der Waals surface area contributed by atoms with Crippen LogP contribution in [0.25, 0.3) is 17.0 Å². The number of aryl methyl sites for hydroxylation is 1. The molecule has 0 bridgehead atoms. The number of nitrogens with zero attached hydrogens (tertiary/aromatic N) is 2. The minimum absolute atomic E-state index is 0.105. The highest BCUT2D eigenvalue weighted by molar-refractivity contribution is 6.31. The summed E-state index contributed by atoms with van der Waals surface area (Å²) in [7, 11) is 0. The van der Waals surface area contributed by atoms with E-state index in [0.29, 0.717) is 5.56 Å². The number of ether oxygens (including phenoxy) is 1. The fraction of sp³-hybridized carbons (Fsp3) is 0.188. The normalized spacial score (nSPS) is 11.2. The van der Waals surface area contributed by atoms with Gasteiger partial charge < -0.3 is 4.74 Å². The standard InChI is InChI=1S/C16H13ClN2O2/c1-3-21-16(20)13(9-18)8-12-7-11-5-4-10(2)6-14(11)19-15(12)17/h4-8H,3H2,1-2H3/b13-8+. The zero-order valence-corrected chi connectivity index (χ0v) is 12.4. The van der Waals surface area contributed by atoms with E-state index >= 15 is 0 Å². The van der Waals surface area contributed by atoms with Crippen LogP contribution in [0, 0.1) is 18.3 Å². The van der Waals surface area contributed by atoms with Crippen LogP contribution in [0.5, 0.6) is 0 Å². The van der Waals surface area contributed by atoms with Crippen LogP contribution in [-0.2, 0) is 9.53 Å². The highest BCUT2D eigenvalue weighted by Gasteiger charge is 2.12. The van der Waals surface area contributed by atoms with Crippen molar-refractivity contribution in [2.45, 2.75) is 13.8 Å². The van der Waals surface area contributed by atoms with Crippen LogP contribution < -0.4 is 0 Å². The first-order valence-electron chi connectivity index (χ1n) is 6.41. The summed E-state index contributed by atoms with van der Waals surface area (Å²) in [6.45, 7) is 3.86. The molecule has 0 aliphatic rings. The predicted octanol–water partition coefficient (Wildman–Crippen LogP) is 3.67. The van der Waals surface area contributed by atoms with E-state index in [1.807, 2.05) is 31.2 Å². The minimum Gasteiger partial charge on any atom is -0.462 e.